The Balaban J connectivity index is 1.93. The van der Waals surface area contributed by atoms with Crippen molar-refractivity contribution in [2.75, 3.05) is 7.05 Å². The van der Waals surface area contributed by atoms with Crippen LogP contribution in [0, 0.1) is 5.82 Å². The van der Waals surface area contributed by atoms with Crippen LogP contribution in [0.5, 0.6) is 0 Å². The molecule has 0 aliphatic rings. The second-order valence-electron chi connectivity index (χ2n) is 5.17. The van der Waals surface area contributed by atoms with Gasteiger partial charge in [0.2, 0.25) is 0 Å². The van der Waals surface area contributed by atoms with Gasteiger partial charge in [-0.25, -0.2) is 14.2 Å². The van der Waals surface area contributed by atoms with Crippen molar-refractivity contribution in [3.8, 4) is 0 Å². The molecule has 0 spiro atoms. The van der Waals surface area contributed by atoms with E-state index in [1.54, 1.807) is 35.4 Å². The molecule has 118 valence electrons. The van der Waals surface area contributed by atoms with E-state index in [2.05, 4.69) is 17.2 Å². The Kier molecular flexibility index (Phi) is 5.49. The fourth-order valence-corrected chi connectivity index (χ4v) is 2.79. The molecule has 0 unspecified atom stereocenters. The minimum absolute atomic E-state index is 0.206. The second-order valence-corrected chi connectivity index (χ2v) is 6.11. The Morgan fingerprint density at radius 2 is 2.27 bits per heavy atom. The molecule has 0 saturated carbocycles. The van der Waals surface area contributed by atoms with Gasteiger partial charge < -0.3 is 10.2 Å². The lowest BCUT2D eigenvalue weighted by Gasteiger charge is -2.21. The Labute approximate surface area is 134 Å². The molecule has 0 saturated heterocycles. The van der Waals surface area contributed by atoms with Gasteiger partial charge in [0.15, 0.2) is 0 Å². The maximum Gasteiger partial charge on any atom is 0.317 e. The van der Waals surface area contributed by atoms with E-state index < -0.39 is 0 Å². The maximum atomic E-state index is 13.2. The summed E-state index contributed by atoms with van der Waals surface area (Å²) < 4.78 is 13.2. The monoisotopic (exact) mass is 321 g/mol. The standard InChI is InChI=1S/C16H20FN3OS/c1-4-15-19-14(10-22-15)9-20(3)16(21)18-11(2)12-6-5-7-13(17)8-12/h5-8,10-11H,4,9H2,1-3H3,(H,18,21)/t11-/m1/s1. The zero-order chi connectivity index (χ0) is 16.1. The highest BCUT2D eigenvalue weighted by Crippen LogP contribution is 2.15. The average Bonchev–Trinajstić information content (AvgIpc) is 2.94. The molecule has 1 atom stereocenters. The van der Waals surface area contributed by atoms with Crippen LogP contribution >= 0.6 is 11.3 Å². The van der Waals surface area contributed by atoms with E-state index in [9.17, 15) is 9.18 Å². The highest BCUT2D eigenvalue weighted by Gasteiger charge is 2.15. The number of aromatic nitrogens is 1. The van der Waals surface area contributed by atoms with E-state index in [1.165, 1.54) is 12.1 Å². The molecule has 1 heterocycles. The van der Waals surface area contributed by atoms with Crippen LogP contribution in [0.15, 0.2) is 29.6 Å². The molecule has 1 aromatic carbocycles. The molecule has 2 amide bonds. The van der Waals surface area contributed by atoms with Gasteiger partial charge in [0, 0.05) is 12.4 Å². The minimum Gasteiger partial charge on any atom is -0.331 e. The lowest BCUT2D eigenvalue weighted by Crippen LogP contribution is -2.38. The molecular formula is C16H20FN3OS. The normalized spacial score (nSPS) is 12.0. The lowest BCUT2D eigenvalue weighted by molar-refractivity contribution is 0.203. The quantitative estimate of drug-likeness (QED) is 0.911. The molecule has 22 heavy (non-hydrogen) atoms. The Hall–Kier alpha value is -1.95. The van der Waals surface area contributed by atoms with Gasteiger partial charge in [0.05, 0.1) is 23.3 Å². The first kappa shape index (κ1) is 16.4. The van der Waals surface area contributed by atoms with E-state index in [0.717, 1.165) is 22.7 Å². The summed E-state index contributed by atoms with van der Waals surface area (Å²) in [5, 5.41) is 5.90. The fourth-order valence-electron chi connectivity index (χ4n) is 2.05. The van der Waals surface area contributed by atoms with Gasteiger partial charge in [-0.2, -0.15) is 0 Å². The number of nitrogens with zero attached hydrogens (tertiary/aromatic N) is 2. The van der Waals surface area contributed by atoms with Gasteiger partial charge in [-0.05, 0) is 31.0 Å². The summed E-state index contributed by atoms with van der Waals surface area (Å²) in [6.07, 6.45) is 0.900. The molecule has 2 rings (SSSR count). The van der Waals surface area contributed by atoms with Crippen LogP contribution in [0.25, 0.3) is 0 Å². The van der Waals surface area contributed by atoms with Crippen LogP contribution in [0.1, 0.15) is 36.2 Å². The lowest BCUT2D eigenvalue weighted by atomic mass is 10.1. The number of benzene rings is 1. The van der Waals surface area contributed by atoms with Crippen molar-refractivity contribution in [3.05, 3.63) is 51.7 Å². The highest BCUT2D eigenvalue weighted by atomic mass is 32.1. The predicted octanol–water partition coefficient (Wildman–Crippen LogP) is 3.75. The molecule has 2 aromatic rings. The Morgan fingerprint density at radius 3 is 2.91 bits per heavy atom. The zero-order valence-corrected chi connectivity index (χ0v) is 13.8. The number of halogens is 1. The van der Waals surface area contributed by atoms with Crippen molar-refractivity contribution in [1.29, 1.82) is 0 Å². The molecule has 4 nitrogen and oxygen atoms in total. The Morgan fingerprint density at radius 1 is 1.50 bits per heavy atom. The van der Waals surface area contributed by atoms with Gasteiger partial charge in [0.25, 0.3) is 0 Å². The Bertz CT molecular complexity index is 644. The topological polar surface area (TPSA) is 45.2 Å². The number of hydrogen-bond donors (Lipinski definition) is 1. The van der Waals surface area contributed by atoms with E-state index in [-0.39, 0.29) is 17.9 Å². The van der Waals surface area contributed by atoms with E-state index in [1.807, 2.05) is 12.3 Å². The van der Waals surface area contributed by atoms with Crippen LogP contribution in [0.2, 0.25) is 0 Å². The first-order valence-electron chi connectivity index (χ1n) is 7.20. The number of carbonyl (C=O) groups excluding carboxylic acids is 1. The largest absolute Gasteiger partial charge is 0.331 e. The van der Waals surface area contributed by atoms with Crippen molar-refractivity contribution in [2.24, 2.45) is 0 Å². The van der Waals surface area contributed by atoms with E-state index in [0.29, 0.717) is 6.54 Å². The van der Waals surface area contributed by atoms with E-state index >= 15 is 0 Å². The number of amides is 2. The maximum absolute atomic E-state index is 13.2. The minimum atomic E-state index is -0.304. The van der Waals surface area contributed by atoms with Crippen molar-refractivity contribution in [3.63, 3.8) is 0 Å². The summed E-state index contributed by atoms with van der Waals surface area (Å²) in [7, 11) is 1.72. The van der Waals surface area contributed by atoms with Crippen LogP contribution in [-0.2, 0) is 13.0 Å². The third kappa shape index (κ3) is 4.27. The number of nitrogens with one attached hydrogen (secondary N) is 1. The molecule has 0 radical (unpaired) electrons. The molecular weight excluding hydrogens is 301 g/mol. The number of aryl methyl sites for hydroxylation is 1. The number of carbonyl (C=O) groups is 1. The first-order valence-corrected chi connectivity index (χ1v) is 8.08. The third-order valence-electron chi connectivity index (χ3n) is 3.34. The summed E-state index contributed by atoms with van der Waals surface area (Å²) in [5.41, 5.74) is 1.63. The highest BCUT2D eigenvalue weighted by molar-refractivity contribution is 7.09. The SMILES string of the molecule is CCc1nc(CN(C)C(=O)N[C@H](C)c2cccc(F)c2)cs1. The summed E-state index contributed by atoms with van der Waals surface area (Å²) in [6.45, 7) is 4.34. The number of urea groups is 1. The number of thiazole rings is 1. The van der Waals surface area contributed by atoms with Crippen molar-refractivity contribution >= 4 is 17.4 Å². The summed E-state index contributed by atoms with van der Waals surface area (Å²) in [6, 6.07) is 5.78. The smallest absolute Gasteiger partial charge is 0.317 e. The second kappa shape index (κ2) is 7.35. The van der Waals surface area contributed by atoms with Gasteiger partial charge >= 0.3 is 6.03 Å². The molecule has 6 heteroatoms. The summed E-state index contributed by atoms with van der Waals surface area (Å²) in [5.74, 6) is -0.304. The third-order valence-corrected chi connectivity index (χ3v) is 4.38. The molecule has 0 bridgehead atoms. The predicted molar refractivity (Wildman–Crippen MR) is 86.3 cm³/mol. The van der Waals surface area contributed by atoms with Gasteiger partial charge in [-0.15, -0.1) is 11.3 Å². The molecule has 1 aromatic heterocycles. The molecule has 0 fully saturated rings. The van der Waals surface area contributed by atoms with Gasteiger partial charge in [-0.1, -0.05) is 19.1 Å². The van der Waals surface area contributed by atoms with Gasteiger partial charge in [0.1, 0.15) is 5.82 Å². The zero-order valence-electron chi connectivity index (χ0n) is 13.0. The van der Waals surface area contributed by atoms with Crippen LogP contribution < -0.4 is 5.32 Å². The van der Waals surface area contributed by atoms with E-state index in [4.69, 9.17) is 0 Å². The fraction of sp³-hybridized carbons (Fsp3) is 0.375. The van der Waals surface area contributed by atoms with Crippen LogP contribution in [-0.4, -0.2) is 23.0 Å². The number of hydrogen-bond acceptors (Lipinski definition) is 3. The molecule has 1 N–H and O–H groups in total. The van der Waals surface area contributed by atoms with Crippen molar-refractivity contribution in [1.82, 2.24) is 15.2 Å². The average molecular weight is 321 g/mol. The number of rotatable bonds is 5. The van der Waals surface area contributed by atoms with Crippen molar-refractivity contribution < 1.29 is 9.18 Å². The van der Waals surface area contributed by atoms with Crippen LogP contribution in [0.4, 0.5) is 9.18 Å². The summed E-state index contributed by atoms with van der Waals surface area (Å²) >= 11 is 1.60. The molecule has 0 aliphatic carbocycles. The van der Waals surface area contributed by atoms with Crippen LogP contribution in [0.3, 0.4) is 0 Å². The first-order chi connectivity index (χ1) is 10.5. The molecule has 0 aliphatic heterocycles. The summed E-state index contributed by atoms with van der Waals surface area (Å²) in [4.78, 5) is 18.2. The van der Waals surface area contributed by atoms with Crippen molar-refractivity contribution in [2.45, 2.75) is 32.9 Å². The van der Waals surface area contributed by atoms with Gasteiger partial charge in [-0.3, -0.25) is 0 Å².